The Bertz CT molecular complexity index is 5550. The molecule has 14 rings (SSSR count). The zero-order valence-electron chi connectivity index (χ0n) is 60.6. The third-order valence-corrected chi connectivity index (χ3v) is 20.1. The second kappa shape index (κ2) is 31.2. The molecule has 108 heavy (non-hydrogen) atoms. The number of rotatable bonds is 28. The van der Waals surface area contributed by atoms with Crippen LogP contribution in [0.25, 0.3) is 48.9 Å². The second-order valence-electron chi connectivity index (χ2n) is 27.6. The average Bonchev–Trinajstić information content (AvgIpc) is 1.48. The van der Waals surface area contributed by atoms with E-state index >= 15 is 0 Å². The van der Waals surface area contributed by atoms with Crippen LogP contribution in [0.3, 0.4) is 0 Å². The van der Waals surface area contributed by atoms with Gasteiger partial charge in [-0.1, -0.05) is 18.2 Å². The molecule has 10 N–H and O–H groups in total. The molecule has 1 atom stereocenters. The largest absolute Gasteiger partial charge is 0.507 e. The maximum absolute atomic E-state index is 14.6. The van der Waals surface area contributed by atoms with Crippen molar-refractivity contribution < 1.29 is 38.7 Å². The van der Waals surface area contributed by atoms with Gasteiger partial charge in [0, 0.05) is 180 Å². The van der Waals surface area contributed by atoms with Gasteiger partial charge in [0.25, 0.3) is 35.4 Å². The van der Waals surface area contributed by atoms with Gasteiger partial charge in [-0.25, -0.2) is 19.9 Å². The third kappa shape index (κ3) is 15.4. The molecule has 31 nitrogen and oxygen atoms in total. The lowest BCUT2D eigenvalue weighted by Gasteiger charge is -2.34. The first kappa shape index (κ1) is 72.9. The number of carbonyl (C=O) groups is 7. The molecule has 2 aliphatic rings. The first-order chi connectivity index (χ1) is 52.1. The number of H-pyrrole nitrogens is 1. The van der Waals surface area contributed by atoms with E-state index < -0.39 is 41.4 Å². The van der Waals surface area contributed by atoms with Crippen molar-refractivity contribution in [1.29, 1.82) is 0 Å². The summed E-state index contributed by atoms with van der Waals surface area (Å²) in [4.78, 5) is 138. The van der Waals surface area contributed by atoms with Crippen molar-refractivity contribution in [1.82, 2.24) is 72.9 Å². The molecule has 0 spiro atoms. The van der Waals surface area contributed by atoms with E-state index in [4.69, 9.17) is 11.6 Å². The summed E-state index contributed by atoms with van der Waals surface area (Å²) in [6.45, 7) is 9.33. The fourth-order valence-electron chi connectivity index (χ4n) is 14.3. The van der Waals surface area contributed by atoms with Crippen LogP contribution in [-0.2, 0) is 33.0 Å². The van der Waals surface area contributed by atoms with Gasteiger partial charge < -0.3 is 94.9 Å². The molecule has 9 heterocycles. The van der Waals surface area contributed by atoms with Gasteiger partial charge in [-0.05, 0) is 137 Å². The summed E-state index contributed by atoms with van der Waals surface area (Å²) in [5, 5.41) is 39.0. The SMILES string of the molecule is CN(C)CCCNC(=O)c1nc(NC(=O)c2nc(NC(=O)c3nc(NC(=O)c4ccc5c(O)cc6c(c5c4)C(CCl)CN6C(=O)c4cc5cc(NC(=O)c6nc(NC(=O)CCNCCCN7CCN(CCCNc8ccc9ccn%10c%11ccccc%11c(=O)c8c9%10)CC7)cn6C)ccc5[nH]4)cn3C)cn2C)cn1C. The molecule has 1 unspecified atom stereocenters. The van der Waals surface area contributed by atoms with Crippen LogP contribution in [0.1, 0.15) is 100 Å². The van der Waals surface area contributed by atoms with Crippen molar-refractivity contribution in [2.75, 3.05) is 135 Å². The van der Waals surface area contributed by atoms with Crippen LogP contribution in [0.2, 0.25) is 0 Å². The molecule has 7 amide bonds. The number of halogens is 1. The molecule has 1 saturated heterocycles. The minimum absolute atomic E-state index is 0.0317. The number of carbonyl (C=O) groups excluding carboxylic acids is 7. The number of amides is 7. The van der Waals surface area contributed by atoms with Crippen LogP contribution in [-0.4, -0.2) is 207 Å². The van der Waals surface area contributed by atoms with E-state index in [1.54, 1.807) is 70.8 Å². The van der Waals surface area contributed by atoms with Crippen LogP contribution in [0.4, 0.5) is 40.3 Å². The van der Waals surface area contributed by atoms with Crippen molar-refractivity contribution in [3.63, 3.8) is 0 Å². The van der Waals surface area contributed by atoms with E-state index in [1.807, 2.05) is 55.5 Å². The monoisotopic (exact) mass is 1480 g/mol. The van der Waals surface area contributed by atoms with Gasteiger partial charge in [0.15, 0.2) is 28.7 Å². The minimum Gasteiger partial charge on any atom is -0.507 e. The van der Waals surface area contributed by atoms with Gasteiger partial charge in [-0.3, -0.25) is 38.4 Å². The Morgan fingerprint density at radius 3 is 1.86 bits per heavy atom. The number of benzene rings is 5. The molecular weight excluding hydrogens is 1400 g/mol. The number of phenolic OH excluding ortho intramolecular Hbond substituents is 1. The number of aromatic nitrogens is 10. The molecule has 0 bridgehead atoms. The van der Waals surface area contributed by atoms with Gasteiger partial charge in [0.05, 0.1) is 22.1 Å². The van der Waals surface area contributed by atoms with Gasteiger partial charge >= 0.3 is 0 Å². The quantitative estimate of drug-likeness (QED) is 0.0129. The second-order valence-corrected chi connectivity index (χ2v) is 27.9. The van der Waals surface area contributed by atoms with E-state index in [9.17, 15) is 43.5 Å². The smallest absolute Gasteiger partial charge is 0.292 e. The predicted molar refractivity (Wildman–Crippen MR) is 416 cm³/mol. The zero-order valence-corrected chi connectivity index (χ0v) is 61.3. The number of fused-ring (bicyclic) bond motifs is 6. The number of pyridine rings is 1. The van der Waals surface area contributed by atoms with Crippen LogP contribution >= 0.6 is 11.6 Å². The summed E-state index contributed by atoms with van der Waals surface area (Å²) >= 11 is 6.64. The van der Waals surface area contributed by atoms with Gasteiger partial charge in [-0.2, -0.15) is 0 Å². The molecule has 558 valence electrons. The Hall–Kier alpha value is -12.0. The highest BCUT2D eigenvalue weighted by Gasteiger charge is 2.36. The van der Waals surface area contributed by atoms with Crippen molar-refractivity contribution in [2.24, 2.45) is 28.2 Å². The summed E-state index contributed by atoms with van der Waals surface area (Å²) in [6.07, 6.45) is 10.9. The molecule has 7 aromatic heterocycles. The van der Waals surface area contributed by atoms with Gasteiger partial charge in [0.1, 0.15) is 11.4 Å². The number of hydrogen-bond acceptors (Lipinski definition) is 18. The minimum atomic E-state index is -0.695. The van der Waals surface area contributed by atoms with Crippen LogP contribution in [0.15, 0.2) is 127 Å². The molecule has 12 aromatic rings. The number of hydrogen-bond donors (Lipinski definition) is 10. The number of aromatic hydroxyl groups is 1. The molecule has 1 fully saturated rings. The maximum atomic E-state index is 14.6. The van der Waals surface area contributed by atoms with Crippen molar-refractivity contribution in [3.05, 3.63) is 172 Å². The van der Waals surface area contributed by atoms with Crippen molar-refractivity contribution in [2.45, 2.75) is 31.6 Å². The lowest BCUT2D eigenvalue weighted by Crippen LogP contribution is -2.47. The zero-order chi connectivity index (χ0) is 75.6. The highest BCUT2D eigenvalue weighted by molar-refractivity contribution is 6.20. The molecule has 0 saturated carbocycles. The molecule has 32 heteroatoms. The standard InChI is InChI=1S/C76H83ClN22O9/c1-91(2)26-10-24-80-72(104)67-85-60(42-92(67)3)89-75(107)70-87-61(43-95(70)6)90-74(106)69-86-59(41-94(69)5)88-71(103)45-14-17-49-51(35-45)63-47(38-77)39-99(56(63)37-57(49)100)76(108)54-36-46-34-48(16-19-52(46)82-54)81-73(105)68-84-58(40-93(68)4)83-62(101)20-25-78-22-9-27-96-30-32-97(33-31-96)28-11-23-79-53-18-15-44-21-29-98-55-13-8-7-12-50(55)66(102)64(53)65(44)98/h7-8,12-19,21,29,34-37,40-43,47,78-79,82,100H,9-11,20,22-28,30-33,38-39H2,1-6H3,(H,80,104)(H,81,105)(H,83,101)(H,88,103)(H,89,107)(H,90,106). The third-order valence-electron chi connectivity index (χ3n) is 19.7. The Morgan fingerprint density at radius 1 is 0.602 bits per heavy atom. The molecular formula is C76H83ClN22O9. The number of aryl methyl sites for hydroxylation is 4. The number of alkyl halides is 1. The number of piperazine rings is 1. The van der Waals surface area contributed by atoms with Crippen molar-refractivity contribution in [3.8, 4) is 5.75 Å². The maximum Gasteiger partial charge on any atom is 0.292 e. The summed E-state index contributed by atoms with van der Waals surface area (Å²) < 4.78 is 7.96. The van der Waals surface area contributed by atoms with E-state index in [1.165, 1.54) is 53.9 Å². The fraction of sp³-hybridized carbons (Fsp3) is 0.316. The number of nitrogens with zero attached hydrogens (tertiary/aromatic N) is 13. The Balaban J connectivity index is 0.524. The Kier molecular flexibility index (Phi) is 21.1. The van der Waals surface area contributed by atoms with Crippen LogP contribution in [0, 0.1) is 0 Å². The summed E-state index contributed by atoms with van der Waals surface area (Å²) in [5.41, 5.74) is 5.32. The molecule has 0 radical (unpaired) electrons. The molecule has 5 aromatic carbocycles. The number of phenols is 1. The summed E-state index contributed by atoms with van der Waals surface area (Å²) in [7, 11) is 10.3. The van der Waals surface area contributed by atoms with Crippen LogP contribution in [0.5, 0.6) is 5.75 Å². The number of para-hydroxylation sites is 1. The Morgan fingerprint density at radius 2 is 1.21 bits per heavy atom. The average molecular weight is 1480 g/mol. The molecule has 2 aliphatic heterocycles. The van der Waals surface area contributed by atoms with E-state index in [0.717, 1.165) is 111 Å². The summed E-state index contributed by atoms with van der Waals surface area (Å²) in [5.74, 6) is -3.50. The number of imidazole rings is 4. The van der Waals surface area contributed by atoms with Crippen molar-refractivity contribution >= 4 is 142 Å². The predicted octanol–water partition coefficient (Wildman–Crippen LogP) is 7.42. The number of anilines is 7. The lowest BCUT2D eigenvalue weighted by atomic mass is 9.94. The highest BCUT2D eigenvalue weighted by Crippen LogP contribution is 2.46. The number of aromatic amines is 1. The first-order valence-electron chi connectivity index (χ1n) is 35.7. The van der Waals surface area contributed by atoms with E-state index in [-0.39, 0.29) is 93.8 Å². The fourth-order valence-corrected chi connectivity index (χ4v) is 14.5. The van der Waals surface area contributed by atoms with E-state index in [2.05, 4.69) is 93.8 Å². The lowest BCUT2D eigenvalue weighted by molar-refractivity contribution is -0.116. The first-order valence-corrected chi connectivity index (χ1v) is 36.3. The van der Waals surface area contributed by atoms with Crippen LogP contribution < -0.4 is 52.9 Å². The van der Waals surface area contributed by atoms with E-state index in [0.29, 0.717) is 51.7 Å². The summed E-state index contributed by atoms with van der Waals surface area (Å²) in [6, 6.07) is 27.0. The highest BCUT2D eigenvalue weighted by atomic mass is 35.5. The Labute approximate surface area is 624 Å². The molecule has 0 aliphatic carbocycles. The van der Waals surface area contributed by atoms with Gasteiger partial charge in [0.2, 0.25) is 29.2 Å². The van der Waals surface area contributed by atoms with Gasteiger partial charge in [-0.15, -0.1) is 11.6 Å². The normalized spacial score (nSPS) is 14.0. The number of nitrogens with one attached hydrogen (secondary N) is 9. The topological polar surface area (TPSA) is 357 Å².